The molecule has 0 N–H and O–H groups in total. The average molecular weight is 217 g/mol. The second-order valence-corrected chi connectivity index (χ2v) is 3.58. The third-order valence-corrected chi connectivity index (χ3v) is 2.54. The van der Waals surface area contributed by atoms with Crippen LogP contribution in [0.2, 0.25) is 0 Å². The maximum absolute atomic E-state index is 11.0. The number of carbonyl (C=O) groups excluding carboxylic acids is 1. The first-order chi connectivity index (χ1) is 7.42. The highest BCUT2D eigenvalue weighted by Gasteiger charge is 2.29. The molecule has 0 saturated carbocycles. The number of hydrogen-bond donors (Lipinski definition) is 0. The lowest BCUT2D eigenvalue weighted by Gasteiger charge is -2.38. The highest BCUT2D eigenvalue weighted by molar-refractivity contribution is 5.48. The Morgan fingerprint density at radius 1 is 0.867 bits per heavy atom. The number of ether oxygens (including phenoxy) is 4. The van der Waals surface area contributed by atoms with Crippen LogP contribution in [0.5, 0.6) is 0 Å². The molecule has 0 aromatic rings. The topological polar surface area (TPSA) is 57.2 Å². The maximum Gasteiger partial charge on any atom is 0.210 e. The minimum atomic E-state index is -0.0356. The number of hydrogen-bond acceptors (Lipinski definition) is 5. The monoisotopic (exact) mass is 217 g/mol. The zero-order chi connectivity index (χ0) is 10.5. The molecule has 2 aliphatic rings. The molecule has 2 saturated heterocycles. The van der Waals surface area contributed by atoms with Crippen LogP contribution in [0, 0.1) is 0 Å². The van der Waals surface area contributed by atoms with Crippen LogP contribution in [-0.2, 0) is 23.7 Å². The molecule has 0 bridgehead atoms. The summed E-state index contributed by atoms with van der Waals surface area (Å²) in [6.45, 7) is 2.65. The van der Waals surface area contributed by atoms with Crippen molar-refractivity contribution in [3.05, 3.63) is 0 Å². The molecule has 2 fully saturated rings. The summed E-state index contributed by atoms with van der Waals surface area (Å²) >= 11 is 0. The van der Waals surface area contributed by atoms with Gasteiger partial charge in [-0.1, -0.05) is 0 Å². The van der Waals surface area contributed by atoms with Crippen LogP contribution in [0.25, 0.3) is 0 Å². The van der Waals surface area contributed by atoms with Gasteiger partial charge in [-0.15, -0.1) is 0 Å². The summed E-state index contributed by atoms with van der Waals surface area (Å²) in [4.78, 5) is 12.7. The molecule has 15 heavy (non-hydrogen) atoms. The summed E-state index contributed by atoms with van der Waals surface area (Å²) in [5, 5.41) is 0. The Hall–Kier alpha value is -0.690. The summed E-state index contributed by atoms with van der Waals surface area (Å²) in [6, 6.07) is -0.0712. The van der Waals surface area contributed by atoms with Gasteiger partial charge in [0.25, 0.3) is 0 Å². The number of carbonyl (C=O) groups is 1. The van der Waals surface area contributed by atoms with Gasteiger partial charge in [-0.05, 0) is 0 Å². The number of rotatable bonds is 3. The Bertz CT molecular complexity index is 183. The van der Waals surface area contributed by atoms with E-state index in [0.717, 1.165) is 6.41 Å². The number of nitrogens with zero attached hydrogens (tertiary/aromatic N) is 1. The Morgan fingerprint density at radius 3 is 1.60 bits per heavy atom. The third-order valence-electron chi connectivity index (χ3n) is 2.54. The summed E-state index contributed by atoms with van der Waals surface area (Å²) in [7, 11) is 0. The van der Waals surface area contributed by atoms with Crippen molar-refractivity contribution in [3.63, 3.8) is 0 Å². The lowest BCUT2D eigenvalue weighted by atomic mass is 10.2. The molecule has 6 heteroatoms. The van der Waals surface area contributed by atoms with Gasteiger partial charge in [-0.2, -0.15) is 0 Å². The van der Waals surface area contributed by atoms with Gasteiger partial charge in [0.05, 0.1) is 38.5 Å². The van der Waals surface area contributed by atoms with Crippen molar-refractivity contribution in [2.75, 3.05) is 40.0 Å². The Labute approximate surface area is 88.0 Å². The van der Waals surface area contributed by atoms with Gasteiger partial charge in [0, 0.05) is 0 Å². The molecule has 0 radical (unpaired) electrons. The van der Waals surface area contributed by atoms with Gasteiger partial charge < -0.3 is 23.8 Å². The quantitative estimate of drug-likeness (QED) is 0.579. The van der Waals surface area contributed by atoms with Gasteiger partial charge in [-0.25, -0.2) is 0 Å². The minimum absolute atomic E-state index is 0.0356. The summed E-state index contributed by atoms with van der Waals surface area (Å²) in [5.74, 6) is 0. The van der Waals surface area contributed by atoms with Crippen LogP contribution in [0.15, 0.2) is 0 Å². The molecule has 2 heterocycles. The van der Waals surface area contributed by atoms with Crippen molar-refractivity contribution in [2.24, 2.45) is 0 Å². The second-order valence-electron chi connectivity index (χ2n) is 3.58. The molecular weight excluding hydrogens is 202 g/mol. The van der Waals surface area contributed by atoms with Crippen molar-refractivity contribution in [1.82, 2.24) is 4.90 Å². The summed E-state index contributed by atoms with van der Waals surface area (Å²) in [6.07, 6.45) is 0.811. The van der Waals surface area contributed by atoms with E-state index in [1.165, 1.54) is 0 Å². The van der Waals surface area contributed by atoms with Crippen LogP contribution >= 0.6 is 0 Å². The Morgan fingerprint density at radius 2 is 1.27 bits per heavy atom. The highest BCUT2D eigenvalue weighted by Crippen LogP contribution is 2.12. The molecule has 0 atom stereocenters. The standard InChI is InChI=1S/C9H15NO5/c11-5-10(8-1-12-6-13-2-8)9-3-14-7-15-4-9/h5,8-9H,1-4,6-7H2. The Kier molecular flexibility index (Phi) is 3.90. The fraction of sp³-hybridized carbons (Fsp3) is 0.889. The third kappa shape index (κ3) is 2.66. The predicted octanol–water partition coefficient (Wildman–Crippen LogP) is -0.809. The van der Waals surface area contributed by atoms with Gasteiger partial charge in [0.15, 0.2) is 0 Å². The van der Waals surface area contributed by atoms with E-state index in [1.807, 2.05) is 0 Å². The molecule has 1 amide bonds. The van der Waals surface area contributed by atoms with E-state index in [0.29, 0.717) is 40.0 Å². The largest absolute Gasteiger partial charge is 0.353 e. The van der Waals surface area contributed by atoms with Gasteiger partial charge in [0.1, 0.15) is 13.6 Å². The van der Waals surface area contributed by atoms with E-state index in [1.54, 1.807) is 4.90 Å². The highest BCUT2D eigenvalue weighted by atomic mass is 16.7. The van der Waals surface area contributed by atoms with E-state index in [-0.39, 0.29) is 12.1 Å². The van der Waals surface area contributed by atoms with E-state index in [4.69, 9.17) is 18.9 Å². The molecule has 6 nitrogen and oxygen atoms in total. The zero-order valence-electron chi connectivity index (χ0n) is 8.46. The lowest BCUT2D eigenvalue weighted by Crippen LogP contribution is -2.53. The van der Waals surface area contributed by atoms with Crippen LogP contribution < -0.4 is 0 Å². The first kappa shape index (κ1) is 10.8. The fourth-order valence-electron chi connectivity index (χ4n) is 1.77. The van der Waals surface area contributed by atoms with Gasteiger partial charge in [0.2, 0.25) is 6.41 Å². The van der Waals surface area contributed by atoms with E-state index in [9.17, 15) is 4.79 Å². The maximum atomic E-state index is 11.0. The Balaban J connectivity index is 1.91. The smallest absolute Gasteiger partial charge is 0.210 e. The SMILES string of the molecule is O=CN(C1COCOC1)C1COCOC1. The average Bonchev–Trinajstić information content (AvgIpc) is 2.33. The summed E-state index contributed by atoms with van der Waals surface area (Å²) < 4.78 is 20.6. The van der Waals surface area contributed by atoms with Crippen LogP contribution in [-0.4, -0.2) is 63.4 Å². The predicted molar refractivity (Wildman–Crippen MR) is 49.0 cm³/mol. The molecule has 0 aliphatic carbocycles. The molecule has 2 rings (SSSR count). The first-order valence-electron chi connectivity index (χ1n) is 4.95. The molecule has 86 valence electrons. The van der Waals surface area contributed by atoms with Crippen molar-refractivity contribution >= 4 is 6.41 Å². The molecule has 0 unspecified atom stereocenters. The molecule has 0 aromatic heterocycles. The molecular formula is C9H15NO5. The molecule has 0 spiro atoms. The summed E-state index contributed by atoms with van der Waals surface area (Å²) in [5.41, 5.74) is 0. The van der Waals surface area contributed by atoms with Gasteiger partial charge in [-0.3, -0.25) is 4.79 Å². The van der Waals surface area contributed by atoms with Crippen molar-refractivity contribution < 1.29 is 23.7 Å². The van der Waals surface area contributed by atoms with Gasteiger partial charge >= 0.3 is 0 Å². The molecule has 2 aliphatic heterocycles. The van der Waals surface area contributed by atoms with E-state index < -0.39 is 0 Å². The second kappa shape index (κ2) is 5.41. The van der Waals surface area contributed by atoms with Crippen molar-refractivity contribution in [2.45, 2.75) is 12.1 Å². The van der Waals surface area contributed by atoms with Crippen LogP contribution in [0.1, 0.15) is 0 Å². The van der Waals surface area contributed by atoms with Crippen molar-refractivity contribution in [1.29, 1.82) is 0 Å². The zero-order valence-corrected chi connectivity index (χ0v) is 8.46. The normalized spacial score (nSPS) is 25.1. The van der Waals surface area contributed by atoms with E-state index in [2.05, 4.69) is 0 Å². The van der Waals surface area contributed by atoms with E-state index >= 15 is 0 Å². The van der Waals surface area contributed by atoms with Crippen molar-refractivity contribution in [3.8, 4) is 0 Å². The first-order valence-corrected chi connectivity index (χ1v) is 4.95. The molecule has 0 aromatic carbocycles. The van der Waals surface area contributed by atoms with Crippen LogP contribution in [0.4, 0.5) is 0 Å². The fourth-order valence-corrected chi connectivity index (χ4v) is 1.77. The number of amides is 1. The van der Waals surface area contributed by atoms with Crippen LogP contribution in [0.3, 0.4) is 0 Å². The lowest BCUT2D eigenvalue weighted by molar-refractivity contribution is -0.177. The minimum Gasteiger partial charge on any atom is -0.353 e.